The minimum Gasteiger partial charge on any atom is -0.354 e. The van der Waals surface area contributed by atoms with Crippen LogP contribution in [0.25, 0.3) is 0 Å². The van der Waals surface area contributed by atoms with E-state index in [9.17, 15) is 14.9 Å². The van der Waals surface area contributed by atoms with E-state index in [0.717, 1.165) is 18.4 Å². The molecule has 1 saturated heterocycles. The molecule has 1 heterocycles. The van der Waals surface area contributed by atoms with Gasteiger partial charge in [-0.25, -0.2) is 0 Å². The Kier molecular flexibility index (Phi) is 3.66. The van der Waals surface area contributed by atoms with E-state index in [-0.39, 0.29) is 17.6 Å². The molecule has 1 aliphatic heterocycles. The molecule has 1 unspecified atom stereocenters. The Labute approximate surface area is 104 Å². The highest BCUT2D eigenvalue weighted by Crippen LogP contribution is 2.12. The summed E-state index contributed by atoms with van der Waals surface area (Å²) in [6.45, 7) is 0.711. The molecule has 2 rings (SSSR count). The topological polar surface area (TPSA) is 84.6 Å². The van der Waals surface area contributed by atoms with Crippen LogP contribution >= 0.6 is 0 Å². The number of nitrogens with zero attached hydrogens (tertiary/aromatic N) is 2. The zero-order chi connectivity index (χ0) is 13.0. The van der Waals surface area contributed by atoms with Gasteiger partial charge in [-0.05, 0) is 30.5 Å². The molecule has 6 nitrogen and oxygen atoms in total. The van der Waals surface area contributed by atoms with E-state index >= 15 is 0 Å². The molecular formula is C12H13N3O3. The third kappa shape index (κ3) is 2.91. The van der Waals surface area contributed by atoms with Crippen molar-refractivity contribution in [2.75, 3.05) is 6.54 Å². The number of hydrogen-bond donors (Lipinski definition) is 1. The van der Waals surface area contributed by atoms with Crippen molar-refractivity contribution in [3.63, 3.8) is 0 Å². The van der Waals surface area contributed by atoms with Crippen molar-refractivity contribution in [1.82, 2.24) is 5.32 Å². The number of aliphatic imine (C=N–C) groups is 1. The Balaban J connectivity index is 2.04. The van der Waals surface area contributed by atoms with Gasteiger partial charge >= 0.3 is 0 Å². The second kappa shape index (κ2) is 5.39. The highest BCUT2D eigenvalue weighted by Gasteiger charge is 2.19. The van der Waals surface area contributed by atoms with E-state index in [2.05, 4.69) is 10.3 Å². The van der Waals surface area contributed by atoms with Gasteiger partial charge in [-0.15, -0.1) is 0 Å². The van der Waals surface area contributed by atoms with Gasteiger partial charge in [-0.2, -0.15) is 0 Å². The predicted molar refractivity (Wildman–Crippen MR) is 66.7 cm³/mol. The second-order valence-electron chi connectivity index (χ2n) is 4.08. The summed E-state index contributed by atoms with van der Waals surface area (Å²) in [5.41, 5.74) is 0.793. The first-order valence-corrected chi connectivity index (χ1v) is 5.72. The van der Waals surface area contributed by atoms with Crippen molar-refractivity contribution in [1.29, 1.82) is 0 Å². The predicted octanol–water partition coefficient (Wildman–Crippen LogP) is 1.29. The van der Waals surface area contributed by atoms with E-state index in [1.165, 1.54) is 12.1 Å². The summed E-state index contributed by atoms with van der Waals surface area (Å²) in [4.78, 5) is 25.7. The molecule has 0 aliphatic carbocycles. The summed E-state index contributed by atoms with van der Waals surface area (Å²) in [6, 6.07) is 5.73. The lowest BCUT2D eigenvalue weighted by Crippen LogP contribution is -2.39. The number of carbonyl (C=O) groups excluding carboxylic acids is 1. The first-order chi connectivity index (χ1) is 8.66. The number of amides is 1. The molecule has 0 spiro atoms. The van der Waals surface area contributed by atoms with Gasteiger partial charge in [0.15, 0.2) is 0 Å². The number of rotatable bonds is 3. The van der Waals surface area contributed by atoms with Gasteiger partial charge < -0.3 is 5.32 Å². The number of benzene rings is 1. The Morgan fingerprint density at radius 1 is 1.39 bits per heavy atom. The summed E-state index contributed by atoms with van der Waals surface area (Å²) in [7, 11) is 0. The zero-order valence-electron chi connectivity index (χ0n) is 9.70. The molecule has 1 aliphatic rings. The lowest BCUT2D eigenvalue weighted by Gasteiger charge is -2.17. The number of nitro benzene ring substituents is 1. The SMILES string of the molecule is O=C1NCCCC1N=Cc1ccc([N+](=O)[O-])cc1. The normalized spacial score (nSPS) is 19.8. The molecule has 1 N–H and O–H groups in total. The highest BCUT2D eigenvalue weighted by atomic mass is 16.6. The lowest BCUT2D eigenvalue weighted by atomic mass is 10.1. The Morgan fingerprint density at radius 3 is 2.72 bits per heavy atom. The number of nitro groups is 1. The smallest absolute Gasteiger partial charge is 0.269 e. The molecule has 18 heavy (non-hydrogen) atoms. The van der Waals surface area contributed by atoms with Crippen molar-refractivity contribution >= 4 is 17.8 Å². The minimum absolute atomic E-state index is 0.0440. The summed E-state index contributed by atoms with van der Waals surface area (Å²) < 4.78 is 0. The zero-order valence-corrected chi connectivity index (χ0v) is 9.70. The van der Waals surface area contributed by atoms with Gasteiger partial charge in [-0.1, -0.05) is 0 Å². The first-order valence-electron chi connectivity index (χ1n) is 5.72. The monoisotopic (exact) mass is 247 g/mol. The Hall–Kier alpha value is -2.24. The van der Waals surface area contributed by atoms with Crippen LogP contribution in [0.3, 0.4) is 0 Å². The molecule has 1 amide bonds. The van der Waals surface area contributed by atoms with Crippen LogP contribution in [0.2, 0.25) is 0 Å². The lowest BCUT2D eigenvalue weighted by molar-refractivity contribution is -0.384. The number of piperidine rings is 1. The summed E-state index contributed by atoms with van der Waals surface area (Å²) in [5.74, 6) is -0.0561. The van der Waals surface area contributed by atoms with Crippen LogP contribution < -0.4 is 5.32 Å². The maximum Gasteiger partial charge on any atom is 0.269 e. The molecule has 1 aromatic carbocycles. The van der Waals surface area contributed by atoms with Gasteiger partial charge in [0.05, 0.1) is 4.92 Å². The van der Waals surface area contributed by atoms with E-state index < -0.39 is 4.92 Å². The molecule has 0 saturated carbocycles. The van der Waals surface area contributed by atoms with Crippen LogP contribution in [0.4, 0.5) is 5.69 Å². The fourth-order valence-electron chi connectivity index (χ4n) is 1.76. The third-order valence-electron chi connectivity index (χ3n) is 2.76. The number of nitrogens with one attached hydrogen (secondary N) is 1. The van der Waals surface area contributed by atoms with Crippen LogP contribution in [0, 0.1) is 10.1 Å². The number of non-ortho nitro benzene ring substituents is 1. The summed E-state index contributed by atoms with van der Waals surface area (Å²) in [6.07, 6.45) is 3.25. The molecule has 1 aromatic rings. The molecule has 0 aromatic heterocycles. The van der Waals surface area contributed by atoms with Crippen LogP contribution in [-0.2, 0) is 4.79 Å². The van der Waals surface area contributed by atoms with E-state index in [4.69, 9.17) is 0 Å². The van der Waals surface area contributed by atoms with Crippen molar-refractivity contribution in [2.24, 2.45) is 4.99 Å². The molecule has 94 valence electrons. The van der Waals surface area contributed by atoms with E-state index in [0.29, 0.717) is 6.54 Å². The van der Waals surface area contributed by atoms with Gasteiger partial charge in [0, 0.05) is 24.9 Å². The molecule has 6 heteroatoms. The molecule has 1 fully saturated rings. The van der Waals surface area contributed by atoms with Crippen LogP contribution in [0.5, 0.6) is 0 Å². The minimum atomic E-state index is -0.449. The maximum absolute atomic E-state index is 11.4. The van der Waals surface area contributed by atoms with Crippen molar-refractivity contribution in [2.45, 2.75) is 18.9 Å². The molecule has 1 atom stereocenters. The van der Waals surface area contributed by atoms with Crippen molar-refractivity contribution in [3.05, 3.63) is 39.9 Å². The van der Waals surface area contributed by atoms with Gasteiger partial charge in [0.1, 0.15) is 6.04 Å². The fraction of sp³-hybridized carbons (Fsp3) is 0.333. The van der Waals surface area contributed by atoms with Crippen molar-refractivity contribution < 1.29 is 9.72 Å². The average molecular weight is 247 g/mol. The largest absolute Gasteiger partial charge is 0.354 e. The number of hydrogen-bond acceptors (Lipinski definition) is 4. The van der Waals surface area contributed by atoms with Crippen molar-refractivity contribution in [3.8, 4) is 0 Å². The average Bonchev–Trinajstić information content (AvgIpc) is 2.38. The standard InChI is InChI=1S/C12H13N3O3/c16-12-11(2-1-7-13-12)14-8-9-3-5-10(6-4-9)15(17)18/h3-6,8,11H,1-2,7H2,(H,13,16). The van der Waals surface area contributed by atoms with Crippen LogP contribution in [0.1, 0.15) is 18.4 Å². The Bertz CT molecular complexity index is 482. The number of carbonyl (C=O) groups is 1. The van der Waals surface area contributed by atoms with Gasteiger partial charge in [0.2, 0.25) is 5.91 Å². The first kappa shape index (κ1) is 12.2. The van der Waals surface area contributed by atoms with E-state index in [1.807, 2.05) is 0 Å². The second-order valence-corrected chi connectivity index (χ2v) is 4.08. The maximum atomic E-state index is 11.4. The summed E-state index contributed by atoms with van der Waals surface area (Å²) >= 11 is 0. The van der Waals surface area contributed by atoms with Crippen LogP contribution in [-0.4, -0.2) is 29.6 Å². The molecular weight excluding hydrogens is 234 g/mol. The highest BCUT2D eigenvalue weighted by molar-refractivity contribution is 5.87. The third-order valence-corrected chi connectivity index (χ3v) is 2.76. The van der Waals surface area contributed by atoms with Crippen LogP contribution in [0.15, 0.2) is 29.3 Å². The van der Waals surface area contributed by atoms with E-state index in [1.54, 1.807) is 18.3 Å². The van der Waals surface area contributed by atoms with Gasteiger partial charge in [0.25, 0.3) is 5.69 Å². The van der Waals surface area contributed by atoms with Gasteiger partial charge in [-0.3, -0.25) is 19.9 Å². The fourth-order valence-corrected chi connectivity index (χ4v) is 1.76. The quantitative estimate of drug-likeness (QED) is 0.496. The molecule has 0 radical (unpaired) electrons. The summed E-state index contributed by atoms with van der Waals surface area (Å²) in [5, 5.41) is 13.2. The molecule has 0 bridgehead atoms. The Morgan fingerprint density at radius 2 is 2.11 bits per heavy atom.